The topological polar surface area (TPSA) is 61.8 Å². The standard InChI is InChI=1S/C49H96O5/c1-4-7-10-13-16-19-22-23-24-25-26-29-32-35-38-41-44-52-45-47(54-49(51)43-40-37-34-31-28-21-18-15-12-9-6-3)46-53-48(50)42-39-36-33-30-27-20-17-14-11-8-5-2/h47H,4-46H2,1-3H3. The van der Waals surface area contributed by atoms with Crippen molar-refractivity contribution in [3.63, 3.8) is 0 Å². The van der Waals surface area contributed by atoms with Gasteiger partial charge in [0.15, 0.2) is 6.10 Å². The van der Waals surface area contributed by atoms with Crippen molar-refractivity contribution in [1.29, 1.82) is 0 Å². The lowest BCUT2D eigenvalue weighted by atomic mass is 10.0. The molecule has 0 amide bonds. The summed E-state index contributed by atoms with van der Waals surface area (Å²) >= 11 is 0. The Morgan fingerprint density at radius 1 is 0.333 bits per heavy atom. The molecule has 0 fully saturated rings. The molecule has 322 valence electrons. The van der Waals surface area contributed by atoms with Crippen molar-refractivity contribution < 1.29 is 23.8 Å². The predicted molar refractivity (Wildman–Crippen MR) is 233 cm³/mol. The van der Waals surface area contributed by atoms with Crippen LogP contribution in [-0.2, 0) is 23.8 Å². The second-order valence-corrected chi connectivity index (χ2v) is 16.7. The van der Waals surface area contributed by atoms with Crippen LogP contribution in [0.5, 0.6) is 0 Å². The van der Waals surface area contributed by atoms with Crippen molar-refractivity contribution in [1.82, 2.24) is 0 Å². The molecule has 0 radical (unpaired) electrons. The van der Waals surface area contributed by atoms with Crippen LogP contribution in [0.25, 0.3) is 0 Å². The third-order valence-electron chi connectivity index (χ3n) is 11.1. The minimum Gasteiger partial charge on any atom is -0.462 e. The Hall–Kier alpha value is -1.10. The molecule has 0 saturated carbocycles. The average Bonchev–Trinajstić information content (AvgIpc) is 3.17. The highest BCUT2D eigenvalue weighted by Gasteiger charge is 2.17. The van der Waals surface area contributed by atoms with Crippen LogP contribution in [0, 0.1) is 0 Å². The maximum Gasteiger partial charge on any atom is 0.306 e. The number of hydrogen-bond donors (Lipinski definition) is 0. The van der Waals surface area contributed by atoms with Crippen LogP contribution in [0.15, 0.2) is 0 Å². The molecule has 0 bridgehead atoms. The van der Waals surface area contributed by atoms with E-state index in [4.69, 9.17) is 14.2 Å². The molecule has 0 aromatic rings. The molecule has 0 heterocycles. The number of rotatable bonds is 46. The molecule has 0 saturated heterocycles. The van der Waals surface area contributed by atoms with E-state index in [1.807, 2.05) is 0 Å². The zero-order valence-corrected chi connectivity index (χ0v) is 37.0. The fourth-order valence-electron chi connectivity index (χ4n) is 7.45. The molecule has 0 rings (SSSR count). The number of hydrogen-bond acceptors (Lipinski definition) is 5. The molecular formula is C49H96O5. The highest BCUT2D eigenvalue weighted by atomic mass is 16.6. The van der Waals surface area contributed by atoms with E-state index in [-0.39, 0.29) is 18.5 Å². The van der Waals surface area contributed by atoms with Crippen LogP contribution >= 0.6 is 0 Å². The van der Waals surface area contributed by atoms with Gasteiger partial charge in [-0.1, -0.05) is 245 Å². The Labute approximate surface area is 338 Å². The number of unbranched alkanes of at least 4 members (excludes halogenated alkanes) is 35. The summed E-state index contributed by atoms with van der Waals surface area (Å²) < 4.78 is 17.4. The van der Waals surface area contributed by atoms with Crippen molar-refractivity contribution in [2.75, 3.05) is 19.8 Å². The highest BCUT2D eigenvalue weighted by Crippen LogP contribution is 2.16. The molecule has 54 heavy (non-hydrogen) atoms. The van der Waals surface area contributed by atoms with E-state index >= 15 is 0 Å². The lowest BCUT2D eigenvalue weighted by Gasteiger charge is -2.18. The van der Waals surface area contributed by atoms with Crippen LogP contribution in [0.1, 0.15) is 278 Å². The highest BCUT2D eigenvalue weighted by molar-refractivity contribution is 5.70. The number of ether oxygens (including phenoxy) is 3. The van der Waals surface area contributed by atoms with Gasteiger partial charge in [0.1, 0.15) is 6.61 Å². The van der Waals surface area contributed by atoms with Crippen LogP contribution < -0.4 is 0 Å². The minimum atomic E-state index is -0.521. The van der Waals surface area contributed by atoms with Gasteiger partial charge >= 0.3 is 11.9 Å². The van der Waals surface area contributed by atoms with E-state index in [9.17, 15) is 9.59 Å². The first kappa shape index (κ1) is 52.9. The molecule has 0 aromatic heterocycles. The normalized spacial score (nSPS) is 12.0. The Balaban J connectivity index is 4.16. The van der Waals surface area contributed by atoms with Crippen molar-refractivity contribution >= 4 is 11.9 Å². The smallest absolute Gasteiger partial charge is 0.306 e. The number of carbonyl (C=O) groups is 2. The fourth-order valence-corrected chi connectivity index (χ4v) is 7.45. The first-order valence-electron chi connectivity index (χ1n) is 24.6. The largest absolute Gasteiger partial charge is 0.462 e. The zero-order chi connectivity index (χ0) is 39.3. The Kier molecular flexibility index (Phi) is 45.3. The van der Waals surface area contributed by atoms with Crippen LogP contribution in [0.3, 0.4) is 0 Å². The second kappa shape index (κ2) is 46.3. The summed E-state index contributed by atoms with van der Waals surface area (Å²) in [4.78, 5) is 25.2. The summed E-state index contributed by atoms with van der Waals surface area (Å²) in [6.45, 7) is 7.88. The quantitative estimate of drug-likeness (QED) is 0.0456. The van der Waals surface area contributed by atoms with Gasteiger partial charge in [-0.15, -0.1) is 0 Å². The summed E-state index contributed by atoms with van der Waals surface area (Å²) in [6, 6.07) is 0. The van der Waals surface area contributed by atoms with Gasteiger partial charge in [-0.05, 0) is 19.3 Å². The molecule has 0 aliphatic rings. The molecule has 0 aliphatic heterocycles. The van der Waals surface area contributed by atoms with Gasteiger partial charge in [-0.2, -0.15) is 0 Å². The van der Waals surface area contributed by atoms with Gasteiger partial charge < -0.3 is 14.2 Å². The van der Waals surface area contributed by atoms with Crippen molar-refractivity contribution in [3.05, 3.63) is 0 Å². The zero-order valence-electron chi connectivity index (χ0n) is 37.0. The van der Waals surface area contributed by atoms with Crippen LogP contribution in [-0.4, -0.2) is 37.9 Å². The molecule has 5 heteroatoms. The molecule has 0 aromatic carbocycles. The molecule has 0 spiro atoms. The van der Waals surface area contributed by atoms with Crippen molar-refractivity contribution in [2.45, 2.75) is 284 Å². The molecule has 0 aliphatic carbocycles. The Bertz CT molecular complexity index is 740. The molecular weight excluding hydrogens is 669 g/mol. The maximum absolute atomic E-state index is 12.7. The Morgan fingerprint density at radius 3 is 0.944 bits per heavy atom. The van der Waals surface area contributed by atoms with Gasteiger partial charge in [0, 0.05) is 19.4 Å². The summed E-state index contributed by atoms with van der Waals surface area (Å²) in [5.41, 5.74) is 0. The fraction of sp³-hybridized carbons (Fsp3) is 0.959. The predicted octanol–water partition coefficient (Wildman–Crippen LogP) is 16.1. The second-order valence-electron chi connectivity index (χ2n) is 16.7. The summed E-state index contributed by atoms with van der Waals surface area (Å²) in [5.74, 6) is -0.376. The van der Waals surface area contributed by atoms with Gasteiger partial charge in [0.2, 0.25) is 0 Å². The first-order chi connectivity index (χ1) is 26.6. The monoisotopic (exact) mass is 765 g/mol. The number of carbonyl (C=O) groups excluding carboxylic acids is 2. The summed E-state index contributed by atoms with van der Waals surface area (Å²) in [5, 5.41) is 0. The van der Waals surface area contributed by atoms with Crippen molar-refractivity contribution in [2.24, 2.45) is 0 Å². The van der Waals surface area contributed by atoms with Gasteiger partial charge in [0.05, 0.1) is 6.61 Å². The number of esters is 2. The van der Waals surface area contributed by atoms with E-state index < -0.39 is 6.10 Å². The maximum atomic E-state index is 12.7. The van der Waals surface area contributed by atoms with E-state index in [0.29, 0.717) is 26.1 Å². The van der Waals surface area contributed by atoms with E-state index in [2.05, 4.69) is 20.8 Å². The van der Waals surface area contributed by atoms with Crippen LogP contribution in [0.2, 0.25) is 0 Å². The van der Waals surface area contributed by atoms with E-state index in [1.165, 1.54) is 212 Å². The van der Waals surface area contributed by atoms with Gasteiger partial charge in [-0.3, -0.25) is 9.59 Å². The van der Waals surface area contributed by atoms with Crippen molar-refractivity contribution in [3.8, 4) is 0 Å². The van der Waals surface area contributed by atoms with Crippen LogP contribution in [0.4, 0.5) is 0 Å². The lowest BCUT2D eigenvalue weighted by molar-refractivity contribution is -0.163. The van der Waals surface area contributed by atoms with Gasteiger partial charge in [0.25, 0.3) is 0 Å². The Morgan fingerprint density at radius 2 is 0.611 bits per heavy atom. The SMILES string of the molecule is CCCCCCCCCCCCCCCCCCOCC(COC(=O)CCCCCCCCCCCCC)OC(=O)CCCCCCCCCCCCC. The summed E-state index contributed by atoms with van der Waals surface area (Å²) in [7, 11) is 0. The lowest BCUT2D eigenvalue weighted by Crippen LogP contribution is -2.30. The average molecular weight is 765 g/mol. The van der Waals surface area contributed by atoms with Gasteiger partial charge in [-0.25, -0.2) is 0 Å². The molecule has 0 N–H and O–H groups in total. The first-order valence-corrected chi connectivity index (χ1v) is 24.6. The third-order valence-corrected chi connectivity index (χ3v) is 11.1. The summed E-state index contributed by atoms with van der Waals surface area (Å²) in [6.07, 6.45) is 49.6. The minimum absolute atomic E-state index is 0.0970. The molecule has 1 atom stereocenters. The molecule has 5 nitrogen and oxygen atoms in total. The molecule has 1 unspecified atom stereocenters. The third kappa shape index (κ3) is 43.6. The van der Waals surface area contributed by atoms with E-state index in [1.54, 1.807) is 0 Å². The van der Waals surface area contributed by atoms with E-state index in [0.717, 1.165) is 32.1 Å².